The van der Waals surface area contributed by atoms with E-state index in [2.05, 4.69) is 4.98 Å². The van der Waals surface area contributed by atoms with E-state index in [1.54, 1.807) is 6.20 Å². The number of nitrogens with zero attached hydrogens (tertiary/aromatic N) is 1. The van der Waals surface area contributed by atoms with Crippen molar-refractivity contribution in [3.63, 3.8) is 0 Å². The molecular formula is C9H11F3N2O2. The molecule has 90 valence electrons. The van der Waals surface area contributed by atoms with E-state index in [0.717, 1.165) is 12.1 Å². The van der Waals surface area contributed by atoms with E-state index in [1.807, 2.05) is 18.2 Å². The van der Waals surface area contributed by atoms with Crippen LogP contribution in [-0.2, 0) is 11.2 Å². The summed E-state index contributed by atoms with van der Waals surface area (Å²) in [6.45, 7) is 0.678. The van der Waals surface area contributed by atoms with Gasteiger partial charge in [-0.05, 0) is 18.7 Å². The summed E-state index contributed by atoms with van der Waals surface area (Å²) in [6.07, 6.45) is -2.42. The Balaban J connectivity index is 0.000000293. The molecule has 0 fully saturated rings. The maximum absolute atomic E-state index is 10.6. The zero-order chi connectivity index (χ0) is 12.6. The Morgan fingerprint density at radius 2 is 2.00 bits per heavy atom. The second-order valence-corrected chi connectivity index (χ2v) is 2.66. The Labute approximate surface area is 89.9 Å². The lowest BCUT2D eigenvalue weighted by atomic mass is 10.3. The highest BCUT2D eigenvalue weighted by Crippen LogP contribution is 2.13. The summed E-state index contributed by atoms with van der Waals surface area (Å²) in [5, 5.41) is 7.12. The Hall–Kier alpha value is -1.63. The second-order valence-electron chi connectivity index (χ2n) is 2.66. The highest BCUT2D eigenvalue weighted by Gasteiger charge is 2.38. The maximum Gasteiger partial charge on any atom is 0.490 e. The van der Waals surface area contributed by atoms with E-state index >= 15 is 0 Å². The lowest BCUT2D eigenvalue weighted by Crippen LogP contribution is -2.21. The number of rotatable bonds is 2. The number of nitrogens with two attached hydrogens (primary N) is 1. The van der Waals surface area contributed by atoms with Crippen molar-refractivity contribution in [1.82, 2.24) is 4.98 Å². The fourth-order valence-electron chi connectivity index (χ4n) is 0.694. The minimum absolute atomic E-state index is 0.678. The van der Waals surface area contributed by atoms with Crippen molar-refractivity contribution in [2.45, 2.75) is 12.6 Å². The summed E-state index contributed by atoms with van der Waals surface area (Å²) in [6, 6.07) is 5.85. The fraction of sp³-hybridized carbons (Fsp3) is 0.333. The number of aliphatic carboxylic acids is 1. The van der Waals surface area contributed by atoms with Crippen LogP contribution in [0.1, 0.15) is 5.69 Å². The summed E-state index contributed by atoms with van der Waals surface area (Å²) in [5.41, 5.74) is 6.39. The fourth-order valence-corrected chi connectivity index (χ4v) is 0.694. The molecule has 0 amide bonds. The van der Waals surface area contributed by atoms with Gasteiger partial charge in [-0.15, -0.1) is 0 Å². The highest BCUT2D eigenvalue weighted by molar-refractivity contribution is 5.73. The van der Waals surface area contributed by atoms with Gasteiger partial charge in [0.05, 0.1) is 0 Å². The van der Waals surface area contributed by atoms with Crippen LogP contribution in [0.3, 0.4) is 0 Å². The molecule has 0 unspecified atom stereocenters. The number of carboxylic acids is 1. The maximum atomic E-state index is 10.6. The first-order valence-electron chi connectivity index (χ1n) is 4.28. The zero-order valence-electron chi connectivity index (χ0n) is 8.24. The molecule has 0 atom stereocenters. The van der Waals surface area contributed by atoms with Crippen LogP contribution in [0.25, 0.3) is 0 Å². The zero-order valence-corrected chi connectivity index (χ0v) is 8.24. The molecule has 1 rings (SSSR count). The van der Waals surface area contributed by atoms with Crippen molar-refractivity contribution in [3.8, 4) is 0 Å². The lowest BCUT2D eigenvalue weighted by molar-refractivity contribution is -0.192. The Morgan fingerprint density at radius 1 is 1.44 bits per heavy atom. The van der Waals surface area contributed by atoms with Gasteiger partial charge < -0.3 is 10.8 Å². The van der Waals surface area contributed by atoms with Gasteiger partial charge >= 0.3 is 12.1 Å². The van der Waals surface area contributed by atoms with Crippen molar-refractivity contribution < 1.29 is 23.1 Å². The Bertz CT molecular complexity index is 314. The van der Waals surface area contributed by atoms with Gasteiger partial charge in [0.1, 0.15) is 0 Å². The SMILES string of the molecule is NCCc1ccccn1.O=C(O)C(F)(F)F. The molecule has 0 aliphatic carbocycles. The number of carboxylic acid groups (broad SMARTS) is 1. The third-order valence-corrected chi connectivity index (χ3v) is 1.37. The van der Waals surface area contributed by atoms with Crippen molar-refractivity contribution in [2.75, 3.05) is 6.54 Å². The first-order valence-corrected chi connectivity index (χ1v) is 4.28. The molecule has 3 N–H and O–H groups in total. The summed E-state index contributed by atoms with van der Waals surface area (Å²) < 4.78 is 31.7. The minimum atomic E-state index is -5.08. The van der Waals surface area contributed by atoms with E-state index in [4.69, 9.17) is 15.6 Å². The molecule has 0 saturated heterocycles. The molecule has 0 radical (unpaired) electrons. The second kappa shape index (κ2) is 6.78. The van der Waals surface area contributed by atoms with Gasteiger partial charge in [-0.3, -0.25) is 4.98 Å². The molecule has 16 heavy (non-hydrogen) atoms. The number of pyridine rings is 1. The molecule has 0 bridgehead atoms. The van der Waals surface area contributed by atoms with Crippen LogP contribution in [0, 0.1) is 0 Å². The molecule has 0 saturated carbocycles. The van der Waals surface area contributed by atoms with E-state index < -0.39 is 12.1 Å². The molecular weight excluding hydrogens is 225 g/mol. The topological polar surface area (TPSA) is 76.2 Å². The number of hydrogen-bond acceptors (Lipinski definition) is 3. The van der Waals surface area contributed by atoms with E-state index in [-0.39, 0.29) is 0 Å². The summed E-state index contributed by atoms with van der Waals surface area (Å²) in [4.78, 5) is 13.0. The lowest BCUT2D eigenvalue weighted by Gasteiger charge is -1.93. The molecule has 1 aromatic rings. The van der Waals surface area contributed by atoms with Crippen LogP contribution in [0.15, 0.2) is 24.4 Å². The Kier molecular flexibility index (Phi) is 6.09. The largest absolute Gasteiger partial charge is 0.490 e. The molecule has 0 aliphatic rings. The smallest absolute Gasteiger partial charge is 0.475 e. The molecule has 0 spiro atoms. The third kappa shape index (κ3) is 6.77. The summed E-state index contributed by atoms with van der Waals surface area (Å²) in [5.74, 6) is -2.76. The van der Waals surface area contributed by atoms with Crippen LogP contribution < -0.4 is 5.73 Å². The van der Waals surface area contributed by atoms with Gasteiger partial charge in [-0.1, -0.05) is 6.07 Å². The molecule has 1 heterocycles. The molecule has 4 nitrogen and oxygen atoms in total. The summed E-state index contributed by atoms with van der Waals surface area (Å²) >= 11 is 0. The average molecular weight is 236 g/mol. The van der Waals surface area contributed by atoms with Crippen LogP contribution in [0.2, 0.25) is 0 Å². The van der Waals surface area contributed by atoms with Crippen LogP contribution >= 0.6 is 0 Å². The molecule has 1 aromatic heterocycles. The number of carbonyl (C=O) groups is 1. The first kappa shape index (κ1) is 14.4. The molecule has 7 heteroatoms. The number of aromatic nitrogens is 1. The van der Waals surface area contributed by atoms with E-state index in [0.29, 0.717) is 6.54 Å². The molecule has 0 aromatic carbocycles. The number of halogens is 3. The highest BCUT2D eigenvalue weighted by atomic mass is 19.4. The van der Waals surface area contributed by atoms with Gasteiger partial charge in [0.2, 0.25) is 0 Å². The van der Waals surface area contributed by atoms with Crippen molar-refractivity contribution in [1.29, 1.82) is 0 Å². The van der Waals surface area contributed by atoms with Crippen LogP contribution in [0.5, 0.6) is 0 Å². The quantitative estimate of drug-likeness (QED) is 0.809. The summed E-state index contributed by atoms with van der Waals surface area (Å²) in [7, 11) is 0. The van der Waals surface area contributed by atoms with E-state index in [9.17, 15) is 13.2 Å². The van der Waals surface area contributed by atoms with Gasteiger partial charge in [0, 0.05) is 18.3 Å². The predicted molar refractivity (Wildman–Crippen MR) is 50.7 cm³/mol. The monoisotopic (exact) mass is 236 g/mol. The van der Waals surface area contributed by atoms with Crippen LogP contribution in [0.4, 0.5) is 13.2 Å². The number of hydrogen-bond donors (Lipinski definition) is 2. The third-order valence-electron chi connectivity index (χ3n) is 1.37. The molecule has 0 aliphatic heterocycles. The van der Waals surface area contributed by atoms with Crippen molar-refractivity contribution in [2.24, 2.45) is 5.73 Å². The Morgan fingerprint density at radius 3 is 2.31 bits per heavy atom. The van der Waals surface area contributed by atoms with Gasteiger partial charge in [-0.25, -0.2) is 4.79 Å². The normalized spacial score (nSPS) is 10.2. The van der Waals surface area contributed by atoms with Crippen molar-refractivity contribution >= 4 is 5.97 Å². The van der Waals surface area contributed by atoms with Crippen molar-refractivity contribution in [3.05, 3.63) is 30.1 Å². The minimum Gasteiger partial charge on any atom is -0.475 e. The number of alkyl halides is 3. The van der Waals surface area contributed by atoms with Gasteiger partial charge in [-0.2, -0.15) is 13.2 Å². The first-order chi connectivity index (χ1) is 7.38. The van der Waals surface area contributed by atoms with Gasteiger partial charge in [0.15, 0.2) is 0 Å². The van der Waals surface area contributed by atoms with E-state index in [1.165, 1.54) is 0 Å². The average Bonchev–Trinajstić information content (AvgIpc) is 2.19. The van der Waals surface area contributed by atoms with Gasteiger partial charge in [0.25, 0.3) is 0 Å². The standard InChI is InChI=1S/C7H10N2.C2HF3O2/c8-5-4-7-3-1-2-6-9-7;3-2(4,5)1(6)7/h1-3,6H,4-5,8H2;(H,6,7). The predicted octanol–water partition coefficient (Wildman–Crippen LogP) is 1.22. The van der Waals surface area contributed by atoms with Crippen LogP contribution in [-0.4, -0.2) is 28.8 Å².